The van der Waals surface area contributed by atoms with Crippen LogP contribution < -0.4 is 4.74 Å². The number of carboxylic acid groups (broad SMARTS) is 1. The van der Waals surface area contributed by atoms with Gasteiger partial charge in [-0.1, -0.05) is 60.7 Å². The molecule has 34 heavy (non-hydrogen) atoms. The number of methoxy groups -OCH3 is 1. The molecule has 3 aromatic rings. The normalized spacial score (nSPS) is 19.3. The Morgan fingerprint density at radius 2 is 1.53 bits per heavy atom. The van der Waals surface area contributed by atoms with Crippen molar-refractivity contribution >= 4 is 12.1 Å². The van der Waals surface area contributed by atoms with E-state index in [1.54, 1.807) is 7.11 Å². The van der Waals surface area contributed by atoms with E-state index in [1.165, 1.54) is 4.90 Å². The lowest BCUT2D eigenvalue weighted by Crippen LogP contribution is -2.50. The quantitative estimate of drug-likeness (QED) is 0.538. The summed E-state index contributed by atoms with van der Waals surface area (Å²) in [5.74, 6) is -0.377. The Morgan fingerprint density at radius 1 is 0.912 bits per heavy atom. The van der Waals surface area contributed by atoms with Gasteiger partial charge in [0.25, 0.3) is 0 Å². The van der Waals surface area contributed by atoms with Gasteiger partial charge in [-0.2, -0.15) is 0 Å². The van der Waals surface area contributed by atoms with Crippen LogP contribution in [0.5, 0.6) is 5.75 Å². The van der Waals surface area contributed by atoms with Gasteiger partial charge in [0.05, 0.1) is 13.2 Å². The molecule has 0 saturated carbocycles. The number of nitrogens with zero attached hydrogens (tertiary/aromatic N) is 1. The number of rotatable bonds is 5. The van der Waals surface area contributed by atoms with Crippen molar-refractivity contribution < 1.29 is 24.2 Å². The van der Waals surface area contributed by atoms with E-state index >= 15 is 0 Å². The number of hydrogen-bond acceptors (Lipinski definition) is 4. The van der Waals surface area contributed by atoms with Crippen molar-refractivity contribution in [1.82, 2.24) is 4.90 Å². The highest BCUT2D eigenvalue weighted by Gasteiger charge is 2.40. The molecule has 1 amide bonds. The van der Waals surface area contributed by atoms with E-state index in [1.807, 2.05) is 48.5 Å². The summed E-state index contributed by atoms with van der Waals surface area (Å²) < 4.78 is 11.1. The first-order valence-electron chi connectivity index (χ1n) is 11.6. The molecule has 0 aromatic heterocycles. The molecular weight excluding hydrogens is 430 g/mol. The van der Waals surface area contributed by atoms with Crippen LogP contribution in [0.3, 0.4) is 0 Å². The van der Waals surface area contributed by atoms with Gasteiger partial charge >= 0.3 is 12.1 Å². The van der Waals surface area contributed by atoms with Gasteiger partial charge in [-0.05, 0) is 59.2 Å². The highest BCUT2D eigenvalue weighted by Crippen LogP contribution is 2.45. The molecule has 174 valence electrons. The highest BCUT2D eigenvalue weighted by atomic mass is 16.6. The second-order valence-electron chi connectivity index (χ2n) is 8.79. The van der Waals surface area contributed by atoms with Crippen LogP contribution in [0.15, 0.2) is 72.8 Å². The summed E-state index contributed by atoms with van der Waals surface area (Å²) in [5.41, 5.74) is 5.42. The molecule has 1 fully saturated rings. The van der Waals surface area contributed by atoms with Gasteiger partial charge in [0, 0.05) is 5.92 Å². The first-order valence-corrected chi connectivity index (χ1v) is 11.6. The molecule has 0 bridgehead atoms. The zero-order chi connectivity index (χ0) is 23.7. The fourth-order valence-corrected chi connectivity index (χ4v) is 5.32. The third kappa shape index (κ3) is 3.89. The number of amides is 1. The summed E-state index contributed by atoms with van der Waals surface area (Å²) in [5, 5.41) is 9.88. The van der Waals surface area contributed by atoms with Gasteiger partial charge in [-0.15, -0.1) is 0 Å². The third-order valence-electron chi connectivity index (χ3n) is 6.96. The van der Waals surface area contributed by atoms with E-state index in [0.717, 1.165) is 34.2 Å². The Morgan fingerprint density at radius 3 is 2.12 bits per heavy atom. The molecule has 1 aliphatic carbocycles. The molecule has 6 nitrogen and oxygen atoms in total. The van der Waals surface area contributed by atoms with Crippen molar-refractivity contribution in [1.29, 1.82) is 0 Å². The number of carbonyl (C=O) groups excluding carboxylic acids is 1. The number of likely N-dealkylation sites (tertiary alicyclic amines) is 1. The smallest absolute Gasteiger partial charge is 0.411 e. The third-order valence-corrected chi connectivity index (χ3v) is 6.96. The predicted molar refractivity (Wildman–Crippen MR) is 128 cm³/mol. The van der Waals surface area contributed by atoms with Crippen LogP contribution in [0.1, 0.15) is 47.9 Å². The first kappa shape index (κ1) is 22.0. The lowest BCUT2D eigenvalue weighted by Gasteiger charge is -2.39. The number of aliphatic carboxylic acids is 1. The van der Waals surface area contributed by atoms with Crippen LogP contribution in [0.2, 0.25) is 0 Å². The van der Waals surface area contributed by atoms with Crippen molar-refractivity contribution in [2.24, 2.45) is 0 Å². The van der Waals surface area contributed by atoms with Crippen LogP contribution >= 0.6 is 0 Å². The second-order valence-corrected chi connectivity index (χ2v) is 8.79. The van der Waals surface area contributed by atoms with Crippen molar-refractivity contribution in [3.63, 3.8) is 0 Å². The number of ether oxygens (including phenoxy) is 2. The summed E-state index contributed by atoms with van der Waals surface area (Å²) in [4.78, 5) is 26.9. The number of carboxylic acids is 1. The lowest BCUT2D eigenvalue weighted by molar-refractivity contribution is -0.145. The van der Waals surface area contributed by atoms with Gasteiger partial charge < -0.3 is 14.6 Å². The van der Waals surface area contributed by atoms with Gasteiger partial charge in [0.1, 0.15) is 18.4 Å². The summed E-state index contributed by atoms with van der Waals surface area (Å²) >= 11 is 0. The molecule has 5 rings (SSSR count). The molecule has 0 radical (unpaired) electrons. The summed E-state index contributed by atoms with van der Waals surface area (Å²) in [6.45, 7) is 0.158. The summed E-state index contributed by atoms with van der Waals surface area (Å²) in [7, 11) is 1.60. The number of hydrogen-bond donors (Lipinski definition) is 1. The van der Waals surface area contributed by atoms with E-state index in [2.05, 4.69) is 24.3 Å². The zero-order valence-electron chi connectivity index (χ0n) is 19.0. The van der Waals surface area contributed by atoms with E-state index in [-0.39, 0.29) is 18.6 Å². The van der Waals surface area contributed by atoms with Crippen LogP contribution in [-0.4, -0.2) is 41.8 Å². The van der Waals surface area contributed by atoms with Gasteiger partial charge in [0.2, 0.25) is 0 Å². The minimum atomic E-state index is -1.01. The molecule has 0 unspecified atom stereocenters. The van der Waals surface area contributed by atoms with Crippen LogP contribution in [-0.2, 0) is 9.53 Å². The standard InChI is InChI=1S/C28H27NO5/c1-33-19-15-13-18(14-16-19)25-11-6-12-26(27(30)31)29(25)28(32)34-17-24-22-9-4-2-7-20(22)21-8-3-5-10-23(21)24/h2-5,7-10,13-16,24-26H,6,11-12,17H2,1H3,(H,30,31)/t25-,26+/m0/s1. The average Bonchev–Trinajstić information content (AvgIpc) is 3.20. The molecule has 3 aromatic carbocycles. The van der Waals surface area contributed by atoms with Crippen LogP contribution in [0.4, 0.5) is 4.79 Å². The summed E-state index contributed by atoms with van der Waals surface area (Å²) in [6, 6.07) is 22.4. The number of piperidine rings is 1. The lowest BCUT2D eigenvalue weighted by atomic mass is 9.91. The Kier molecular flexibility index (Phi) is 5.97. The molecule has 1 N–H and O–H groups in total. The maximum absolute atomic E-state index is 13.4. The Labute approximate surface area is 198 Å². The zero-order valence-corrected chi connectivity index (χ0v) is 19.0. The topological polar surface area (TPSA) is 76.1 Å². The molecular formula is C28H27NO5. The SMILES string of the molecule is COc1ccc([C@@H]2CCC[C@H](C(=O)O)N2C(=O)OCC2c3ccccc3-c3ccccc32)cc1. The van der Waals surface area contributed by atoms with Gasteiger partial charge in [0.15, 0.2) is 0 Å². The minimum Gasteiger partial charge on any atom is -0.497 e. The number of carbonyl (C=O) groups is 2. The maximum atomic E-state index is 13.4. The van der Waals surface area contributed by atoms with E-state index in [9.17, 15) is 14.7 Å². The van der Waals surface area contributed by atoms with Gasteiger partial charge in [-0.25, -0.2) is 9.59 Å². The van der Waals surface area contributed by atoms with Crippen molar-refractivity contribution in [3.05, 3.63) is 89.5 Å². The van der Waals surface area contributed by atoms with Crippen LogP contribution in [0, 0.1) is 0 Å². The van der Waals surface area contributed by atoms with Crippen molar-refractivity contribution in [3.8, 4) is 16.9 Å². The second kappa shape index (κ2) is 9.21. The first-order chi connectivity index (χ1) is 16.6. The Hall–Kier alpha value is -3.80. The van der Waals surface area contributed by atoms with Gasteiger partial charge in [-0.3, -0.25) is 4.90 Å². The predicted octanol–water partition coefficient (Wildman–Crippen LogP) is 5.62. The molecule has 0 spiro atoms. The monoisotopic (exact) mass is 457 g/mol. The Balaban J connectivity index is 1.40. The van der Waals surface area contributed by atoms with E-state index < -0.39 is 18.1 Å². The van der Waals surface area contributed by atoms with Crippen molar-refractivity contribution in [2.45, 2.75) is 37.3 Å². The molecule has 1 heterocycles. The van der Waals surface area contributed by atoms with E-state index in [0.29, 0.717) is 18.6 Å². The molecule has 6 heteroatoms. The molecule has 1 aliphatic heterocycles. The maximum Gasteiger partial charge on any atom is 0.411 e. The largest absolute Gasteiger partial charge is 0.497 e. The highest BCUT2D eigenvalue weighted by molar-refractivity contribution is 5.81. The average molecular weight is 458 g/mol. The van der Waals surface area contributed by atoms with Crippen LogP contribution in [0.25, 0.3) is 11.1 Å². The number of benzene rings is 3. The fraction of sp³-hybridized carbons (Fsp3) is 0.286. The Bertz CT molecular complexity index is 1160. The fourth-order valence-electron chi connectivity index (χ4n) is 5.32. The molecule has 2 aliphatic rings. The molecule has 2 atom stereocenters. The van der Waals surface area contributed by atoms with Crippen molar-refractivity contribution in [2.75, 3.05) is 13.7 Å². The molecule has 1 saturated heterocycles. The summed E-state index contributed by atoms with van der Waals surface area (Å²) in [6.07, 6.45) is 1.22. The minimum absolute atomic E-state index is 0.0798. The van der Waals surface area contributed by atoms with E-state index in [4.69, 9.17) is 9.47 Å². The number of fused-ring (bicyclic) bond motifs is 3.